The molecule has 0 fully saturated rings. The number of hydrogen-bond donors (Lipinski definition) is 0. The predicted octanol–water partition coefficient (Wildman–Crippen LogP) is 5.33. The summed E-state index contributed by atoms with van der Waals surface area (Å²) < 4.78 is 0. The number of benzene rings is 2. The molecule has 0 aliphatic heterocycles. The predicted molar refractivity (Wildman–Crippen MR) is 84.8 cm³/mol. The summed E-state index contributed by atoms with van der Waals surface area (Å²) in [6.07, 6.45) is 0. The SMILES string of the molecule is [CH3-].[CH3-].[Cl][Ru].[NH-]Cc1ccc2ccc3ccc[c-]c3c2n1. The van der Waals surface area contributed by atoms with Crippen LogP contribution < -0.4 is 0 Å². The van der Waals surface area contributed by atoms with Gasteiger partial charge in [0, 0.05) is 5.69 Å². The average molecular weight is 373 g/mol. The van der Waals surface area contributed by atoms with E-state index in [4.69, 9.17) is 5.73 Å². The van der Waals surface area contributed by atoms with Crippen molar-refractivity contribution < 1.29 is 17.3 Å². The molecule has 0 unspecified atom stereocenters. The summed E-state index contributed by atoms with van der Waals surface area (Å²) in [5.41, 5.74) is 9.10. The summed E-state index contributed by atoms with van der Waals surface area (Å²) in [4.78, 5) is 4.50. The second kappa shape index (κ2) is 9.02. The van der Waals surface area contributed by atoms with Crippen molar-refractivity contribution in [1.29, 1.82) is 0 Å². The van der Waals surface area contributed by atoms with Crippen molar-refractivity contribution in [2.45, 2.75) is 6.54 Å². The fourth-order valence-corrected chi connectivity index (χ4v) is 1.92. The normalized spacial score (nSPS) is 9.15. The molecule has 1 N–H and O–H groups in total. The molecule has 0 saturated heterocycles. The number of aromatic nitrogens is 1. The molecule has 0 radical (unpaired) electrons. The van der Waals surface area contributed by atoms with Crippen molar-refractivity contribution in [3.8, 4) is 0 Å². The van der Waals surface area contributed by atoms with Crippen molar-refractivity contribution in [1.82, 2.24) is 4.98 Å². The van der Waals surface area contributed by atoms with Crippen LogP contribution >= 0.6 is 9.69 Å². The zero-order valence-electron chi connectivity index (χ0n) is 11.4. The van der Waals surface area contributed by atoms with E-state index in [-0.39, 0.29) is 21.4 Å². The van der Waals surface area contributed by atoms with E-state index >= 15 is 0 Å². The topological polar surface area (TPSA) is 36.7 Å². The molecule has 1 heterocycles. The average Bonchev–Trinajstić information content (AvgIpc) is 2.48. The molecule has 4 heteroatoms. The van der Waals surface area contributed by atoms with E-state index in [0.29, 0.717) is 0 Å². The van der Waals surface area contributed by atoms with E-state index in [2.05, 4.69) is 38.9 Å². The fraction of sp³-hybridized carbons (Fsp3) is 0.0625. The molecule has 0 amide bonds. The molecule has 109 valence electrons. The van der Waals surface area contributed by atoms with Gasteiger partial charge in [0.2, 0.25) is 0 Å². The molecule has 0 bridgehead atoms. The number of halogens is 1. The van der Waals surface area contributed by atoms with E-state index in [1.807, 2.05) is 41.6 Å². The van der Waals surface area contributed by atoms with Crippen molar-refractivity contribution in [2.75, 3.05) is 0 Å². The van der Waals surface area contributed by atoms with Gasteiger partial charge in [-0.15, -0.1) is 41.6 Å². The van der Waals surface area contributed by atoms with E-state index < -0.39 is 0 Å². The van der Waals surface area contributed by atoms with Gasteiger partial charge in [0.25, 0.3) is 0 Å². The molecular weight excluding hydrogens is 357 g/mol. The smallest absolute Gasteiger partial charge is 0.00901 e. The zero-order valence-corrected chi connectivity index (χ0v) is 13.9. The fourth-order valence-electron chi connectivity index (χ4n) is 1.92. The van der Waals surface area contributed by atoms with Crippen molar-refractivity contribution in [3.63, 3.8) is 0 Å². The van der Waals surface area contributed by atoms with Gasteiger partial charge in [0.15, 0.2) is 0 Å². The van der Waals surface area contributed by atoms with Gasteiger partial charge in [-0.05, 0) is 17.0 Å². The van der Waals surface area contributed by atoms with Crippen LogP contribution in [0.4, 0.5) is 0 Å². The van der Waals surface area contributed by atoms with Crippen molar-refractivity contribution in [2.24, 2.45) is 0 Å². The molecule has 0 spiro atoms. The van der Waals surface area contributed by atoms with Crippen LogP contribution in [0, 0.1) is 20.9 Å². The Hall–Kier alpha value is -1.02. The molecule has 20 heavy (non-hydrogen) atoms. The number of fused-ring (bicyclic) bond motifs is 3. The maximum absolute atomic E-state index is 7.35. The van der Waals surface area contributed by atoms with E-state index in [9.17, 15) is 0 Å². The Morgan fingerprint density at radius 1 is 1.05 bits per heavy atom. The first-order valence-corrected chi connectivity index (χ1v) is 7.59. The summed E-state index contributed by atoms with van der Waals surface area (Å²) in [5.74, 6) is 0. The van der Waals surface area contributed by atoms with Gasteiger partial charge in [-0.1, -0.05) is 18.2 Å². The van der Waals surface area contributed by atoms with E-state index in [0.717, 1.165) is 27.4 Å². The maximum atomic E-state index is 7.35. The molecule has 3 aromatic rings. The monoisotopic (exact) mass is 373 g/mol. The second-order valence-corrected chi connectivity index (χ2v) is 3.75. The Labute approximate surface area is 135 Å². The first kappa shape index (κ1) is 19.0. The van der Waals surface area contributed by atoms with Crippen LogP contribution in [0.3, 0.4) is 0 Å². The van der Waals surface area contributed by atoms with Crippen molar-refractivity contribution in [3.05, 3.63) is 74.8 Å². The minimum absolute atomic E-state index is 0. The third kappa shape index (κ3) is 3.76. The number of nitrogens with zero attached hydrogens (tertiary/aromatic N) is 1. The first-order chi connectivity index (χ1) is 8.88. The minimum atomic E-state index is 0. The molecule has 1 aromatic heterocycles. The standard InChI is InChI=1S/C14H10N2.2CH3.ClH.Ru/c15-9-12-8-7-11-6-5-10-3-1-2-4-13(10)14(11)16-12;;;;/h1-3,5-8,15H,9H2;2*1H3;1H;/q-2;2*-1;;+1/p-1. The summed E-state index contributed by atoms with van der Waals surface area (Å²) in [7, 11) is 4.57. The molecule has 2 nitrogen and oxygen atoms in total. The van der Waals surface area contributed by atoms with Crippen LogP contribution in [0.2, 0.25) is 0 Å². The van der Waals surface area contributed by atoms with Crippen LogP contribution in [0.15, 0.2) is 42.5 Å². The quantitative estimate of drug-likeness (QED) is 0.323. The van der Waals surface area contributed by atoms with Gasteiger partial charge >= 0.3 is 27.0 Å². The van der Waals surface area contributed by atoms with Crippen LogP contribution in [-0.4, -0.2) is 4.98 Å². The molecule has 0 saturated carbocycles. The van der Waals surface area contributed by atoms with Crippen LogP contribution in [0.25, 0.3) is 27.4 Å². The zero-order chi connectivity index (χ0) is 13.0. The van der Waals surface area contributed by atoms with E-state index in [1.54, 1.807) is 0 Å². The Kier molecular flexibility index (Phi) is 8.56. The summed E-state index contributed by atoms with van der Waals surface area (Å²) in [6.45, 7) is 0.221. The van der Waals surface area contributed by atoms with E-state index in [1.165, 1.54) is 0 Å². The van der Waals surface area contributed by atoms with Gasteiger partial charge < -0.3 is 25.6 Å². The number of rotatable bonds is 1. The van der Waals surface area contributed by atoms with Gasteiger partial charge in [0.05, 0.1) is 0 Å². The molecule has 0 atom stereocenters. The second-order valence-electron chi connectivity index (χ2n) is 3.75. The first-order valence-electron chi connectivity index (χ1n) is 5.35. The largest absolute Gasteiger partial charge is 0.672 e. The molecule has 0 aliphatic rings. The van der Waals surface area contributed by atoms with Gasteiger partial charge in [0.1, 0.15) is 0 Å². The molecule has 3 rings (SSSR count). The molecule has 2 aromatic carbocycles. The summed E-state index contributed by atoms with van der Waals surface area (Å²) >= 11 is 1.82. The van der Waals surface area contributed by atoms with Gasteiger partial charge in [-0.3, -0.25) is 0 Å². The van der Waals surface area contributed by atoms with Crippen molar-refractivity contribution >= 4 is 31.4 Å². The number of hydrogen-bond acceptors (Lipinski definition) is 1. The van der Waals surface area contributed by atoms with Gasteiger partial charge in [-0.25, -0.2) is 0 Å². The Morgan fingerprint density at radius 3 is 2.40 bits per heavy atom. The third-order valence-corrected chi connectivity index (χ3v) is 2.73. The molecular formula is C16H16ClN2Ru-4. The Balaban J connectivity index is 0.000000866. The molecule has 0 aliphatic carbocycles. The summed E-state index contributed by atoms with van der Waals surface area (Å²) in [5, 5.41) is 3.28. The van der Waals surface area contributed by atoms with Crippen LogP contribution in [0.1, 0.15) is 5.69 Å². The van der Waals surface area contributed by atoms with Crippen LogP contribution in [0.5, 0.6) is 0 Å². The number of pyridine rings is 1. The van der Waals surface area contributed by atoms with Crippen LogP contribution in [-0.2, 0) is 23.9 Å². The Morgan fingerprint density at radius 2 is 1.70 bits per heavy atom. The maximum Gasteiger partial charge on any atom is 0.00901 e. The van der Waals surface area contributed by atoms with Gasteiger partial charge in [-0.2, -0.15) is 0 Å². The third-order valence-electron chi connectivity index (χ3n) is 2.73. The number of nitrogens with one attached hydrogen (secondary N) is 1. The Bertz CT molecular complexity index is 671. The summed E-state index contributed by atoms with van der Waals surface area (Å²) in [6, 6.07) is 17.2. The minimum Gasteiger partial charge on any atom is -0.672 e.